The molecule has 0 radical (unpaired) electrons. The van der Waals surface area contributed by atoms with Crippen LogP contribution in [0.15, 0.2) is 0 Å². The van der Waals surface area contributed by atoms with Gasteiger partial charge >= 0.3 is 0 Å². The fourth-order valence-corrected chi connectivity index (χ4v) is 1.87. The SMILES string of the molecule is CC(C#N)C1CCC1.N#CCC1CCC1. The molecule has 82 valence electrons. The van der Waals surface area contributed by atoms with Crippen LogP contribution in [0, 0.1) is 40.4 Å². The van der Waals surface area contributed by atoms with Crippen molar-refractivity contribution in [3.05, 3.63) is 0 Å². The zero-order valence-corrected chi connectivity index (χ0v) is 9.58. The Morgan fingerprint density at radius 2 is 1.73 bits per heavy atom. The summed E-state index contributed by atoms with van der Waals surface area (Å²) in [6.45, 7) is 2.02. The van der Waals surface area contributed by atoms with Crippen LogP contribution in [-0.4, -0.2) is 0 Å². The van der Waals surface area contributed by atoms with Gasteiger partial charge in [-0.25, -0.2) is 0 Å². The smallest absolute Gasteiger partial charge is 0.0655 e. The molecule has 0 bridgehead atoms. The fourth-order valence-electron chi connectivity index (χ4n) is 1.87. The van der Waals surface area contributed by atoms with Crippen molar-refractivity contribution >= 4 is 0 Å². The lowest BCUT2D eigenvalue weighted by Gasteiger charge is -2.26. The number of hydrogen-bond acceptors (Lipinski definition) is 2. The Labute approximate surface area is 92.9 Å². The molecule has 1 atom stereocenters. The Kier molecular flexibility index (Phi) is 5.19. The van der Waals surface area contributed by atoms with E-state index in [9.17, 15) is 0 Å². The maximum atomic E-state index is 8.42. The van der Waals surface area contributed by atoms with E-state index in [2.05, 4.69) is 12.1 Å². The zero-order valence-electron chi connectivity index (χ0n) is 9.58. The molecule has 0 aromatic carbocycles. The average molecular weight is 204 g/mol. The lowest BCUT2D eigenvalue weighted by molar-refractivity contribution is 0.260. The van der Waals surface area contributed by atoms with Crippen molar-refractivity contribution in [2.45, 2.75) is 51.9 Å². The first-order valence-corrected chi connectivity index (χ1v) is 6.04. The first kappa shape index (κ1) is 12.1. The van der Waals surface area contributed by atoms with Crippen LogP contribution < -0.4 is 0 Å². The lowest BCUT2D eigenvalue weighted by Crippen LogP contribution is -2.17. The van der Waals surface area contributed by atoms with E-state index in [0.717, 1.165) is 18.3 Å². The standard InChI is InChI=1S/C7H11N.C6H9N/c1-6(5-8)7-3-2-4-7;7-5-4-6-2-1-3-6/h6-7H,2-4H2,1H3;6H,1-4H2. The van der Waals surface area contributed by atoms with Crippen LogP contribution in [0.5, 0.6) is 0 Å². The molecule has 0 heterocycles. The lowest BCUT2D eigenvalue weighted by atomic mass is 9.77. The van der Waals surface area contributed by atoms with Crippen molar-refractivity contribution < 1.29 is 0 Å². The predicted molar refractivity (Wildman–Crippen MR) is 59.7 cm³/mol. The van der Waals surface area contributed by atoms with Crippen LogP contribution in [0.4, 0.5) is 0 Å². The van der Waals surface area contributed by atoms with E-state index < -0.39 is 0 Å². The third kappa shape index (κ3) is 3.92. The molecule has 2 heteroatoms. The molecule has 0 saturated heterocycles. The molecule has 2 saturated carbocycles. The minimum absolute atomic E-state index is 0.309. The first-order valence-electron chi connectivity index (χ1n) is 6.04. The van der Waals surface area contributed by atoms with Gasteiger partial charge in [0, 0.05) is 12.3 Å². The first-order chi connectivity index (χ1) is 7.27. The normalized spacial score (nSPS) is 22.1. The van der Waals surface area contributed by atoms with E-state index in [0.29, 0.717) is 5.92 Å². The van der Waals surface area contributed by atoms with Crippen molar-refractivity contribution in [2.75, 3.05) is 0 Å². The van der Waals surface area contributed by atoms with Gasteiger partial charge in [-0.1, -0.05) is 12.8 Å². The Morgan fingerprint density at radius 3 is 1.87 bits per heavy atom. The summed E-state index contributed by atoms with van der Waals surface area (Å²) < 4.78 is 0. The van der Waals surface area contributed by atoms with Gasteiger partial charge in [-0.15, -0.1) is 0 Å². The van der Waals surface area contributed by atoms with Crippen LogP contribution in [0.2, 0.25) is 0 Å². The van der Waals surface area contributed by atoms with E-state index in [1.54, 1.807) is 0 Å². The molecular formula is C13H20N2. The highest BCUT2D eigenvalue weighted by molar-refractivity contribution is 4.88. The molecule has 0 aromatic rings. The summed E-state index contributed by atoms with van der Waals surface area (Å²) in [7, 11) is 0. The largest absolute Gasteiger partial charge is 0.198 e. The predicted octanol–water partition coefficient (Wildman–Crippen LogP) is 3.65. The summed E-state index contributed by atoms with van der Waals surface area (Å²) in [5, 5.41) is 16.6. The van der Waals surface area contributed by atoms with E-state index in [1.165, 1.54) is 38.5 Å². The molecule has 0 amide bonds. The summed E-state index contributed by atoms with van der Waals surface area (Å²) in [4.78, 5) is 0. The van der Waals surface area contributed by atoms with Crippen LogP contribution in [0.3, 0.4) is 0 Å². The van der Waals surface area contributed by atoms with Gasteiger partial charge in [0.1, 0.15) is 0 Å². The molecule has 0 spiro atoms. The molecule has 2 aliphatic carbocycles. The van der Waals surface area contributed by atoms with Crippen molar-refractivity contribution in [1.29, 1.82) is 10.5 Å². The maximum Gasteiger partial charge on any atom is 0.0655 e. The zero-order chi connectivity index (χ0) is 11.1. The Morgan fingerprint density at radius 1 is 1.13 bits per heavy atom. The van der Waals surface area contributed by atoms with Crippen molar-refractivity contribution in [3.8, 4) is 12.1 Å². The summed E-state index contributed by atoms with van der Waals surface area (Å²) >= 11 is 0. The monoisotopic (exact) mass is 204 g/mol. The number of nitriles is 2. The van der Waals surface area contributed by atoms with Gasteiger partial charge in [-0.2, -0.15) is 10.5 Å². The molecule has 2 aliphatic rings. The third-order valence-corrected chi connectivity index (χ3v) is 3.67. The van der Waals surface area contributed by atoms with Gasteiger partial charge in [-0.3, -0.25) is 0 Å². The number of hydrogen-bond donors (Lipinski definition) is 0. The average Bonchev–Trinajstić information content (AvgIpc) is 2.09. The number of nitrogens with zero attached hydrogens (tertiary/aromatic N) is 2. The molecule has 1 unspecified atom stereocenters. The quantitative estimate of drug-likeness (QED) is 0.689. The minimum atomic E-state index is 0.309. The molecule has 0 N–H and O–H groups in total. The van der Waals surface area contributed by atoms with Crippen LogP contribution in [0.1, 0.15) is 51.9 Å². The van der Waals surface area contributed by atoms with Gasteiger partial charge in [0.2, 0.25) is 0 Å². The van der Waals surface area contributed by atoms with E-state index >= 15 is 0 Å². The van der Waals surface area contributed by atoms with Gasteiger partial charge in [0.05, 0.1) is 12.1 Å². The molecule has 15 heavy (non-hydrogen) atoms. The molecule has 2 fully saturated rings. The number of rotatable bonds is 2. The maximum absolute atomic E-state index is 8.42. The Bertz CT molecular complexity index is 251. The fraction of sp³-hybridized carbons (Fsp3) is 0.846. The van der Waals surface area contributed by atoms with E-state index in [4.69, 9.17) is 10.5 Å². The minimum Gasteiger partial charge on any atom is -0.198 e. The van der Waals surface area contributed by atoms with Crippen LogP contribution in [0.25, 0.3) is 0 Å². The topological polar surface area (TPSA) is 47.6 Å². The highest BCUT2D eigenvalue weighted by Crippen LogP contribution is 2.32. The molecule has 0 aromatic heterocycles. The highest BCUT2D eigenvalue weighted by Gasteiger charge is 2.22. The van der Waals surface area contributed by atoms with Crippen molar-refractivity contribution in [2.24, 2.45) is 17.8 Å². The molecular weight excluding hydrogens is 184 g/mol. The third-order valence-electron chi connectivity index (χ3n) is 3.67. The summed E-state index contributed by atoms with van der Waals surface area (Å²) in [6, 6.07) is 4.44. The summed E-state index contributed by atoms with van der Waals surface area (Å²) in [5.74, 6) is 1.81. The summed E-state index contributed by atoms with van der Waals surface area (Å²) in [6.07, 6.45) is 8.66. The van der Waals surface area contributed by atoms with Crippen LogP contribution >= 0.6 is 0 Å². The van der Waals surface area contributed by atoms with Crippen LogP contribution in [-0.2, 0) is 0 Å². The molecule has 0 aliphatic heterocycles. The Hall–Kier alpha value is -1.02. The molecule has 2 nitrogen and oxygen atoms in total. The molecule has 2 rings (SSSR count). The van der Waals surface area contributed by atoms with Gasteiger partial charge in [0.25, 0.3) is 0 Å². The Balaban J connectivity index is 0.000000151. The second-order valence-electron chi connectivity index (χ2n) is 4.77. The van der Waals surface area contributed by atoms with Gasteiger partial charge in [-0.05, 0) is 44.4 Å². The van der Waals surface area contributed by atoms with Crippen molar-refractivity contribution in [3.63, 3.8) is 0 Å². The van der Waals surface area contributed by atoms with E-state index in [1.807, 2.05) is 6.92 Å². The summed E-state index contributed by atoms with van der Waals surface area (Å²) in [5.41, 5.74) is 0. The van der Waals surface area contributed by atoms with Gasteiger partial charge < -0.3 is 0 Å². The van der Waals surface area contributed by atoms with E-state index in [-0.39, 0.29) is 0 Å². The van der Waals surface area contributed by atoms with Gasteiger partial charge in [0.15, 0.2) is 0 Å². The van der Waals surface area contributed by atoms with Crippen molar-refractivity contribution in [1.82, 2.24) is 0 Å². The highest BCUT2D eigenvalue weighted by atomic mass is 14.3. The second-order valence-corrected chi connectivity index (χ2v) is 4.77. The second kappa shape index (κ2) is 6.46.